The molecule has 0 aromatic heterocycles. The van der Waals surface area contributed by atoms with Gasteiger partial charge in [-0.1, -0.05) is 6.07 Å². The summed E-state index contributed by atoms with van der Waals surface area (Å²) in [5, 5.41) is 9.11. The number of amides is 1. The number of hydrogen-bond acceptors (Lipinski definition) is 4. The molecule has 6 heteroatoms. The smallest absolute Gasteiger partial charge is 0.410 e. The minimum atomic E-state index is -0.534. The molecule has 0 atom stereocenters. The Kier molecular flexibility index (Phi) is 4.55. The first kappa shape index (κ1) is 16.1. The number of halogens is 1. The number of rotatable bonds is 1. The summed E-state index contributed by atoms with van der Waals surface area (Å²) >= 11 is 0. The lowest BCUT2D eigenvalue weighted by molar-refractivity contribution is 0.0240. The summed E-state index contributed by atoms with van der Waals surface area (Å²) in [5.74, 6) is -0.412. The molecule has 1 aromatic carbocycles. The van der Waals surface area contributed by atoms with Gasteiger partial charge in [0.2, 0.25) is 0 Å². The van der Waals surface area contributed by atoms with Crippen LogP contribution in [0.15, 0.2) is 18.2 Å². The van der Waals surface area contributed by atoms with Crippen LogP contribution in [0.2, 0.25) is 0 Å². The van der Waals surface area contributed by atoms with Gasteiger partial charge in [-0.2, -0.15) is 5.26 Å². The second-order valence-corrected chi connectivity index (χ2v) is 6.20. The SMILES string of the molecule is CC(C)(C)OC(=O)N1CCN(c2c(F)cccc2C#N)CC1. The number of carbonyl (C=O) groups excluding carboxylic acids is 1. The van der Waals surface area contributed by atoms with Crippen LogP contribution in [-0.4, -0.2) is 42.8 Å². The molecular formula is C16H20FN3O2. The second-order valence-electron chi connectivity index (χ2n) is 6.20. The molecule has 0 N–H and O–H groups in total. The van der Waals surface area contributed by atoms with Crippen molar-refractivity contribution in [3.63, 3.8) is 0 Å². The number of benzene rings is 1. The van der Waals surface area contributed by atoms with Gasteiger partial charge in [-0.3, -0.25) is 0 Å². The van der Waals surface area contributed by atoms with Crippen molar-refractivity contribution in [2.45, 2.75) is 26.4 Å². The summed E-state index contributed by atoms with van der Waals surface area (Å²) < 4.78 is 19.3. The minimum absolute atomic E-state index is 0.311. The highest BCUT2D eigenvalue weighted by molar-refractivity contribution is 5.69. The lowest BCUT2D eigenvalue weighted by atomic mass is 10.1. The zero-order chi connectivity index (χ0) is 16.3. The van der Waals surface area contributed by atoms with E-state index in [4.69, 9.17) is 10.00 Å². The average molecular weight is 305 g/mol. The van der Waals surface area contributed by atoms with E-state index in [2.05, 4.69) is 0 Å². The van der Waals surface area contributed by atoms with Crippen molar-refractivity contribution in [1.29, 1.82) is 5.26 Å². The van der Waals surface area contributed by atoms with Crippen LogP contribution in [0.5, 0.6) is 0 Å². The van der Waals surface area contributed by atoms with Gasteiger partial charge in [0.1, 0.15) is 17.5 Å². The van der Waals surface area contributed by atoms with Gasteiger partial charge in [-0.25, -0.2) is 9.18 Å². The summed E-state index contributed by atoms with van der Waals surface area (Å²) in [6, 6.07) is 6.47. The lowest BCUT2D eigenvalue weighted by Crippen LogP contribution is -2.50. The molecule has 5 nitrogen and oxygen atoms in total. The van der Waals surface area contributed by atoms with E-state index in [1.807, 2.05) is 26.8 Å². The Hall–Kier alpha value is -2.29. The van der Waals surface area contributed by atoms with Crippen molar-refractivity contribution in [3.05, 3.63) is 29.6 Å². The standard InChI is InChI=1S/C16H20FN3O2/c1-16(2,3)22-15(21)20-9-7-19(8-10-20)14-12(11-18)5-4-6-13(14)17/h4-6H,7-10H2,1-3H3. The van der Waals surface area contributed by atoms with Crippen LogP contribution in [0.25, 0.3) is 0 Å². The van der Waals surface area contributed by atoms with Crippen molar-refractivity contribution < 1.29 is 13.9 Å². The molecule has 1 saturated heterocycles. The van der Waals surface area contributed by atoms with E-state index in [1.54, 1.807) is 15.9 Å². The summed E-state index contributed by atoms with van der Waals surface area (Å²) in [7, 11) is 0. The zero-order valence-corrected chi connectivity index (χ0v) is 13.1. The highest BCUT2D eigenvalue weighted by atomic mass is 19.1. The molecule has 1 aromatic rings. The molecule has 0 radical (unpaired) electrons. The van der Waals surface area contributed by atoms with Crippen LogP contribution in [0.1, 0.15) is 26.3 Å². The maximum Gasteiger partial charge on any atom is 0.410 e. The van der Waals surface area contributed by atoms with Gasteiger partial charge >= 0.3 is 6.09 Å². The van der Waals surface area contributed by atoms with Crippen molar-refractivity contribution >= 4 is 11.8 Å². The zero-order valence-electron chi connectivity index (χ0n) is 13.1. The van der Waals surface area contributed by atoms with Gasteiger partial charge in [0, 0.05) is 26.2 Å². The molecule has 0 unspecified atom stereocenters. The van der Waals surface area contributed by atoms with E-state index in [1.165, 1.54) is 12.1 Å². The van der Waals surface area contributed by atoms with E-state index in [0.717, 1.165) is 0 Å². The van der Waals surface area contributed by atoms with Crippen LogP contribution < -0.4 is 4.90 Å². The Morgan fingerprint density at radius 1 is 1.27 bits per heavy atom. The number of para-hydroxylation sites is 1. The maximum absolute atomic E-state index is 14.0. The highest BCUT2D eigenvalue weighted by Crippen LogP contribution is 2.25. The molecule has 0 saturated carbocycles. The van der Waals surface area contributed by atoms with Crippen LogP contribution >= 0.6 is 0 Å². The van der Waals surface area contributed by atoms with Gasteiger partial charge in [0.05, 0.1) is 11.3 Å². The fraction of sp³-hybridized carbons (Fsp3) is 0.500. The first-order valence-corrected chi connectivity index (χ1v) is 7.23. The van der Waals surface area contributed by atoms with E-state index in [0.29, 0.717) is 37.4 Å². The van der Waals surface area contributed by atoms with Gasteiger partial charge < -0.3 is 14.5 Å². The molecule has 22 heavy (non-hydrogen) atoms. The summed E-state index contributed by atoms with van der Waals surface area (Å²) in [5.41, 5.74) is 0.0906. The molecule has 0 bridgehead atoms. The van der Waals surface area contributed by atoms with Crippen LogP contribution in [0.3, 0.4) is 0 Å². The van der Waals surface area contributed by atoms with E-state index < -0.39 is 11.4 Å². The van der Waals surface area contributed by atoms with Gasteiger partial charge in [0.25, 0.3) is 0 Å². The molecular weight excluding hydrogens is 285 g/mol. The normalized spacial score (nSPS) is 15.4. The van der Waals surface area contributed by atoms with Crippen molar-refractivity contribution in [1.82, 2.24) is 4.90 Å². The predicted molar refractivity (Wildman–Crippen MR) is 81.1 cm³/mol. The number of carbonyl (C=O) groups is 1. The molecule has 1 fully saturated rings. The first-order chi connectivity index (χ1) is 10.3. The number of piperazine rings is 1. The van der Waals surface area contributed by atoms with E-state index >= 15 is 0 Å². The summed E-state index contributed by atoms with van der Waals surface area (Å²) in [4.78, 5) is 15.4. The third kappa shape index (κ3) is 3.67. The van der Waals surface area contributed by atoms with Crippen LogP contribution in [0.4, 0.5) is 14.9 Å². The molecule has 0 aliphatic carbocycles. The first-order valence-electron chi connectivity index (χ1n) is 7.23. The monoisotopic (exact) mass is 305 g/mol. The number of nitrogens with zero attached hydrogens (tertiary/aromatic N) is 3. The fourth-order valence-electron chi connectivity index (χ4n) is 2.37. The molecule has 1 aliphatic heterocycles. The lowest BCUT2D eigenvalue weighted by Gasteiger charge is -2.37. The Balaban J connectivity index is 2.04. The molecule has 1 amide bonds. The summed E-state index contributed by atoms with van der Waals surface area (Å²) in [6.07, 6.45) is -0.360. The average Bonchev–Trinajstić information content (AvgIpc) is 2.45. The topological polar surface area (TPSA) is 56.6 Å². The number of hydrogen-bond donors (Lipinski definition) is 0. The number of ether oxygens (including phenoxy) is 1. The molecule has 1 heterocycles. The Bertz CT molecular complexity index is 596. The molecule has 2 rings (SSSR count). The van der Waals surface area contributed by atoms with Gasteiger partial charge in [-0.15, -0.1) is 0 Å². The third-order valence-electron chi connectivity index (χ3n) is 3.35. The number of anilines is 1. The Labute approximate surface area is 129 Å². The van der Waals surface area contributed by atoms with Gasteiger partial charge in [-0.05, 0) is 32.9 Å². The van der Waals surface area contributed by atoms with Crippen molar-refractivity contribution in [3.8, 4) is 6.07 Å². The van der Waals surface area contributed by atoms with E-state index in [9.17, 15) is 9.18 Å². The van der Waals surface area contributed by atoms with Crippen molar-refractivity contribution in [2.75, 3.05) is 31.1 Å². The number of nitriles is 1. The minimum Gasteiger partial charge on any atom is -0.444 e. The maximum atomic E-state index is 14.0. The highest BCUT2D eigenvalue weighted by Gasteiger charge is 2.27. The van der Waals surface area contributed by atoms with Crippen molar-refractivity contribution in [2.24, 2.45) is 0 Å². The van der Waals surface area contributed by atoms with Crippen LogP contribution in [-0.2, 0) is 4.74 Å². The fourth-order valence-corrected chi connectivity index (χ4v) is 2.37. The summed E-state index contributed by atoms with van der Waals surface area (Å²) in [6.45, 7) is 7.27. The molecule has 0 spiro atoms. The van der Waals surface area contributed by atoms with E-state index in [-0.39, 0.29) is 6.09 Å². The quantitative estimate of drug-likeness (QED) is 0.800. The largest absolute Gasteiger partial charge is 0.444 e. The third-order valence-corrected chi connectivity index (χ3v) is 3.35. The van der Waals surface area contributed by atoms with Crippen LogP contribution in [0, 0.1) is 17.1 Å². The predicted octanol–water partition coefficient (Wildman–Crippen LogP) is 2.75. The van der Waals surface area contributed by atoms with Gasteiger partial charge in [0.15, 0.2) is 0 Å². The second kappa shape index (κ2) is 6.22. The molecule has 118 valence electrons. The Morgan fingerprint density at radius 3 is 2.45 bits per heavy atom. The Morgan fingerprint density at radius 2 is 1.91 bits per heavy atom. The molecule has 1 aliphatic rings.